The predicted molar refractivity (Wildman–Crippen MR) is 97.9 cm³/mol. The third-order valence-corrected chi connectivity index (χ3v) is 3.99. The lowest BCUT2D eigenvalue weighted by atomic mass is 10.1. The van der Waals surface area contributed by atoms with Crippen LogP contribution in [0.5, 0.6) is 0 Å². The van der Waals surface area contributed by atoms with Gasteiger partial charge in [0.15, 0.2) is 11.6 Å². The molecule has 3 aromatic rings. The highest BCUT2D eigenvalue weighted by Gasteiger charge is 2.11. The van der Waals surface area contributed by atoms with E-state index < -0.39 is 0 Å². The van der Waals surface area contributed by atoms with Crippen molar-refractivity contribution in [3.63, 3.8) is 0 Å². The van der Waals surface area contributed by atoms with Crippen molar-refractivity contribution in [2.24, 2.45) is 0 Å². The molecule has 0 fully saturated rings. The summed E-state index contributed by atoms with van der Waals surface area (Å²) in [6.07, 6.45) is 3.20. The van der Waals surface area contributed by atoms with Crippen LogP contribution in [0.4, 0.5) is 28.8 Å². The van der Waals surface area contributed by atoms with Crippen molar-refractivity contribution in [2.45, 2.75) is 20.8 Å². The summed E-state index contributed by atoms with van der Waals surface area (Å²) in [6.45, 7) is 6.11. The Bertz CT molecular complexity index is 875. The van der Waals surface area contributed by atoms with Crippen LogP contribution < -0.4 is 16.4 Å². The summed E-state index contributed by atoms with van der Waals surface area (Å²) >= 11 is 0. The molecule has 0 saturated heterocycles. The average Bonchev–Trinajstić information content (AvgIpc) is 2.57. The standard InChI is InChI=1S/C18H20N6/c1-11-6-4-8-14(13(11)3)23-17-15(19)18(22-10-21-17)24-16-12(2)7-5-9-20-16/h4-10H,19H2,1-3H3,(H2,20,21,22,23,24). The molecule has 2 aromatic heterocycles. The van der Waals surface area contributed by atoms with Crippen LogP contribution in [-0.4, -0.2) is 15.0 Å². The zero-order chi connectivity index (χ0) is 17.1. The van der Waals surface area contributed by atoms with Crippen LogP contribution in [0, 0.1) is 20.8 Å². The van der Waals surface area contributed by atoms with Gasteiger partial charge in [-0.3, -0.25) is 0 Å². The van der Waals surface area contributed by atoms with Gasteiger partial charge in [0.2, 0.25) is 0 Å². The topological polar surface area (TPSA) is 88.8 Å². The van der Waals surface area contributed by atoms with Crippen LogP contribution in [0.1, 0.15) is 16.7 Å². The Morgan fingerprint density at radius 2 is 1.50 bits per heavy atom. The molecule has 0 bridgehead atoms. The molecule has 0 amide bonds. The van der Waals surface area contributed by atoms with Crippen molar-refractivity contribution >= 4 is 28.8 Å². The minimum atomic E-state index is 0.448. The second kappa shape index (κ2) is 6.54. The van der Waals surface area contributed by atoms with E-state index in [4.69, 9.17) is 5.73 Å². The first-order chi connectivity index (χ1) is 11.6. The number of anilines is 5. The molecule has 0 aliphatic rings. The van der Waals surface area contributed by atoms with Gasteiger partial charge in [0.25, 0.3) is 0 Å². The van der Waals surface area contributed by atoms with E-state index in [2.05, 4.69) is 45.5 Å². The second-order valence-corrected chi connectivity index (χ2v) is 5.65. The fourth-order valence-corrected chi connectivity index (χ4v) is 2.34. The molecule has 24 heavy (non-hydrogen) atoms. The maximum Gasteiger partial charge on any atom is 0.160 e. The molecule has 2 heterocycles. The molecule has 0 aliphatic carbocycles. The number of aromatic nitrogens is 3. The van der Waals surface area contributed by atoms with Crippen LogP contribution >= 0.6 is 0 Å². The summed E-state index contributed by atoms with van der Waals surface area (Å²) in [7, 11) is 0. The molecule has 6 nitrogen and oxygen atoms in total. The van der Waals surface area contributed by atoms with Gasteiger partial charge in [-0.2, -0.15) is 0 Å². The molecule has 0 atom stereocenters. The summed E-state index contributed by atoms with van der Waals surface area (Å²) < 4.78 is 0. The van der Waals surface area contributed by atoms with Gasteiger partial charge in [-0.15, -0.1) is 0 Å². The first-order valence-electron chi connectivity index (χ1n) is 7.68. The number of hydrogen-bond acceptors (Lipinski definition) is 6. The van der Waals surface area contributed by atoms with Crippen molar-refractivity contribution in [2.75, 3.05) is 16.4 Å². The van der Waals surface area contributed by atoms with E-state index in [0.29, 0.717) is 17.3 Å². The fourth-order valence-electron chi connectivity index (χ4n) is 2.34. The van der Waals surface area contributed by atoms with Crippen LogP contribution in [-0.2, 0) is 0 Å². The minimum absolute atomic E-state index is 0.448. The van der Waals surface area contributed by atoms with Gasteiger partial charge in [0, 0.05) is 11.9 Å². The van der Waals surface area contributed by atoms with Crippen LogP contribution in [0.25, 0.3) is 0 Å². The molecule has 1 aromatic carbocycles. The Kier molecular flexibility index (Phi) is 4.29. The molecule has 122 valence electrons. The van der Waals surface area contributed by atoms with E-state index in [1.807, 2.05) is 31.2 Å². The SMILES string of the molecule is Cc1cccnc1Nc1ncnc(Nc2cccc(C)c2C)c1N. The first-order valence-corrected chi connectivity index (χ1v) is 7.68. The predicted octanol–water partition coefficient (Wildman–Crippen LogP) is 3.87. The van der Waals surface area contributed by atoms with Crippen LogP contribution in [0.2, 0.25) is 0 Å². The number of rotatable bonds is 4. The molecule has 0 spiro atoms. The number of nitrogens with one attached hydrogen (secondary N) is 2. The highest BCUT2D eigenvalue weighted by Crippen LogP contribution is 2.29. The molecular formula is C18H20N6. The Morgan fingerprint density at radius 3 is 2.25 bits per heavy atom. The van der Waals surface area contributed by atoms with Gasteiger partial charge in [0.1, 0.15) is 17.8 Å². The van der Waals surface area contributed by atoms with Gasteiger partial charge in [-0.25, -0.2) is 15.0 Å². The number of pyridine rings is 1. The van der Waals surface area contributed by atoms with Crippen molar-refractivity contribution in [1.29, 1.82) is 0 Å². The van der Waals surface area contributed by atoms with Gasteiger partial charge >= 0.3 is 0 Å². The lowest BCUT2D eigenvalue weighted by molar-refractivity contribution is 1.15. The van der Waals surface area contributed by atoms with Gasteiger partial charge in [-0.05, 0) is 49.6 Å². The molecule has 0 aliphatic heterocycles. The molecule has 6 heteroatoms. The van der Waals surface area contributed by atoms with Gasteiger partial charge in [0.05, 0.1) is 0 Å². The Morgan fingerprint density at radius 1 is 0.792 bits per heavy atom. The number of benzene rings is 1. The third kappa shape index (κ3) is 3.12. The summed E-state index contributed by atoms with van der Waals surface area (Å²) in [6, 6.07) is 9.93. The average molecular weight is 320 g/mol. The summed E-state index contributed by atoms with van der Waals surface area (Å²) in [5.74, 6) is 1.81. The molecule has 0 saturated carbocycles. The molecule has 0 radical (unpaired) electrons. The highest BCUT2D eigenvalue weighted by atomic mass is 15.1. The van der Waals surface area contributed by atoms with E-state index in [0.717, 1.165) is 22.6 Å². The number of nitrogens with zero attached hydrogens (tertiary/aromatic N) is 3. The van der Waals surface area contributed by atoms with Crippen LogP contribution in [0.15, 0.2) is 42.9 Å². The Hall–Kier alpha value is -3.15. The van der Waals surface area contributed by atoms with Gasteiger partial charge < -0.3 is 16.4 Å². The maximum atomic E-state index is 6.24. The van der Waals surface area contributed by atoms with Gasteiger partial charge in [-0.1, -0.05) is 18.2 Å². The van der Waals surface area contributed by atoms with Crippen molar-refractivity contribution in [3.8, 4) is 0 Å². The number of hydrogen-bond donors (Lipinski definition) is 3. The summed E-state index contributed by atoms with van der Waals surface area (Å²) in [4.78, 5) is 12.8. The first kappa shape index (κ1) is 15.7. The number of nitrogens with two attached hydrogens (primary N) is 1. The summed E-state index contributed by atoms with van der Waals surface area (Å²) in [5.41, 5.74) is 11.0. The number of nitrogen functional groups attached to an aromatic ring is 1. The number of aryl methyl sites for hydroxylation is 2. The lowest BCUT2D eigenvalue weighted by Gasteiger charge is -2.15. The largest absolute Gasteiger partial charge is 0.393 e. The van der Waals surface area contributed by atoms with Crippen LogP contribution in [0.3, 0.4) is 0 Å². The molecule has 3 rings (SSSR count). The molecule has 0 unspecified atom stereocenters. The Labute approximate surface area is 141 Å². The minimum Gasteiger partial charge on any atom is -0.393 e. The van der Waals surface area contributed by atoms with E-state index >= 15 is 0 Å². The quantitative estimate of drug-likeness (QED) is 0.676. The van der Waals surface area contributed by atoms with E-state index in [-0.39, 0.29) is 0 Å². The maximum absolute atomic E-state index is 6.24. The monoisotopic (exact) mass is 320 g/mol. The molecular weight excluding hydrogens is 300 g/mol. The van der Waals surface area contributed by atoms with Crippen molar-refractivity contribution in [3.05, 3.63) is 59.5 Å². The van der Waals surface area contributed by atoms with Crippen molar-refractivity contribution < 1.29 is 0 Å². The zero-order valence-electron chi connectivity index (χ0n) is 14.0. The van der Waals surface area contributed by atoms with Crippen molar-refractivity contribution in [1.82, 2.24) is 15.0 Å². The Balaban J connectivity index is 1.91. The van der Waals surface area contributed by atoms with E-state index in [9.17, 15) is 0 Å². The summed E-state index contributed by atoms with van der Waals surface area (Å²) in [5, 5.41) is 6.45. The van der Waals surface area contributed by atoms with E-state index in [1.54, 1.807) is 6.20 Å². The lowest BCUT2D eigenvalue weighted by Crippen LogP contribution is -2.07. The molecule has 4 N–H and O–H groups in total. The highest BCUT2D eigenvalue weighted by molar-refractivity contribution is 5.80. The smallest absolute Gasteiger partial charge is 0.160 e. The van der Waals surface area contributed by atoms with E-state index in [1.165, 1.54) is 11.9 Å². The fraction of sp³-hybridized carbons (Fsp3) is 0.167. The third-order valence-electron chi connectivity index (χ3n) is 3.99. The normalized spacial score (nSPS) is 10.5. The second-order valence-electron chi connectivity index (χ2n) is 5.65. The zero-order valence-corrected chi connectivity index (χ0v) is 14.0.